The minimum atomic E-state index is -0.0553. The molecule has 2 aliphatic rings. The number of thioether (sulfide) groups is 1. The molecule has 1 aliphatic heterocycles. The molecule has 1 aromatic carbocycles. The number of nitrogens with zero attached hydrogens (tertiary/aromatic N) is 1. The molecule has 3 rings (SSSR count). The van der Waals surface area contributed by atoms with E-state index < -0.39 is 0 Å². The van der Waals surface area contributed by atoms with Crippen LogP contribution in [0.25, 0.3) is 0 Å². The van der Waals surface area contributed by atoms with Crippen LogP contribution in [0.15, 0.2) is 29.3 Å². The smallest absolute Gasteiger partial charge is 0.221 e. The molecule has 1 fully saturated rings. The molecule has 1 heterocycles. The van der Waals surface area contributed by atoms with E-state index in [-0.39, 0.29) is 5.91 Å². The quantitative estimate of drug-likeness (QED) is 0.878. The van der Waals surface area contributed by atoms with Gasteiger partial charge in [-0.15, -0.1) is 0 Å². The highest BCUT2D eigenvalue weighted by Crippen LogP contribution is 2.35. The molecule has 20 heavy (non-hydrogen) atoms. The molecule has 4 nitrogen and oxygen atoms in total. The molecule has 0 aromatic heterocycles. The number of rotatable bonds is 2. The van der Waals surface area contributed by atoms with Crippen molar-refractivity contribution in [2.75, 3.05) is 16.4 Å². The maximum atomic E-state index is 11.1. The van der Waals surface area contributed by atoms with Gasteiger partial charge in [0.1, 0.15) is 0 Å². The zero-order chi connectivity index (χ0) is 13.9. The van der Waals surface area contributed by atoms with Crippen molar-refractivity contribution in [3.63, 3.8) is 0 Å². The first-order valence-electron chi connectivity index (χ1n) is 7.06. The number of amidine groups is 1. The molecule has 0 spiro atoms. The Morgan fingerprint density at radius 3 is 3.05 bits per heavy atom. The number of benzene rings is 1. The van der Waals surface area contributed by atoms with E-state index in [0.717, 1.165) is 22.5 Å². The van der Waals surface area contributed by atoms with Crippen LogP contribution in [0, 0.1) is 5.92 Å². The summed E-state index contributed by atoms with van der Waals surface area (Å²) in [6.07, 6.45) is 3.86. The van der Waals surface area contributed by atoms with Crippen LogP contribution in [0.1, 0.15) is 26.2 Å². The lowest BCUT2D eigenvalue weighted by atomic mass is 10.1. The van der Waals surface area contributed by atoms with Crippen molar-refractivity contribution in [1.29, 1.82) is 0 Å². The van der Waals surface area contributed by atoms with E-state index in [9.17, 15) is 4.79 Å². The Labute approximate surface area is 123 Å². The molecular weight excluding hydrogens is 270 g/mol. The van der Waals surface area contributed by atoms with Crippen LogP contribution in [0.4, 0.5) is 11.4 Å². The van der Waals surface area contributed by atoms with Crippen LogP contribution in [0.3, 0.4) is 0 Å². The highest BCUT2D eigenvalue weighted by molar-refractivity contribution is 8.14. The van der Waals surface area contributed by atoms with Crippen LogP contribution < -0.4 is 10.6 Å². The zero-order valence-corrected chi connectivity index (χ0v) is 12.4. The van der Waals surface area contributed by atoms with Crippen molar-refractivity contribution in [3.05, 3.63) is 24.3 Å². The Morgan fingerprint density at radius 2 is 2.20 bits per heavy atom. The second kappa shape index (κ2) is 5.87. The van der Waals surface area contributed by atoms with Gasteiger partial charge in [0, 0.05) is 24.1 Å². The summed E-state index contributed by atoms with van der Waals surface area (Å²) < 4.78 is 0. The summed E-state index contributed by atoms with van der Waals surface area (Å²) in [5.74, 6) is 1.89. The van der Waals surface area contributed by atoms with Crippen molar-refractivity contribution in [3.8, 4) is 0 Å². The summed E-state index contributed by atoms with van der Waals surface area (Å²) in [6.45, 7) is 1.52. The number of amides is 1. The van der Waals surface area contributed by atoms with E-state index in [1.54, 1.807) is 11.8 Å². The first-order chi connectivity index (χ1) is 9.70. The maximum absolute atomic E-state index is 11.1. The fourth-order valence-corrected chi connectivity index (χ4v) is 3.99. The van der Waals surface area contributed by atoms with Crippen molar-refractivity contribution < 1.29 is 4.79 Å². The number of carbonyl (C=O) groups is 1. The number of hydrogen-bond acceptors (Lipinski definition) is 4. The number of carbonyl (C=O) groups excluding carboxylic acids is 1. The van der Waals surface area contributed by atoms with E-state index in [4.69, 9.17) is 4.99 Å². The van der Waals surface area contributed by atoms with Gasteiger partial charge in [-0.2, -0.15) is 0 Å². The monoisotopic (exact) mass is 289 g/mol. The fourth-order valence-electron chi connectivity index (χ4n) is 2.83. The van der Waals surface area contributed by atoms with E-state index in [1.807, 2.05) is 24.3 Å². The van der Waals surface area contributed by atoms with Gasteiger partial charge in [-0.1, -0.05) is 24.2 Å². The third kappa shape index (κ3) is 3.15. The molecular formula is C15H19N3OS. The predicted molar refractivity (Wildman–Crippen MR) is 85.4 cm³/mol. The van der Waals surface area contributed by atoms with Crippen LogP contribution in [-0.2, 0) is 4.79 Å². The highest BCUT2D eigenvalue weighted by atomic mass is 32.2. The Hall–Kier alpha value is -1.49. The molecule has 2 N–H and O–H groups in total. The number of anilines is 2. The van der Waals surface area contributed by atoms with Crippen molar-refractivity contribution in [2.45, 2.75) is 32.2 Å². The summed E-state index contributed by atoms with van der Waals surface area (Å²) in [6, 6.07) is 8.26. The van der Waals surface area contributed by atoms with Gasteiger partial charge in [-0.05, 0) is 37.0 Å². The normalized spacial score (nSPS) is 24.8. The topological polar surface area (TPSA) is 53.5 Å². The maximum Gasteiger partial charge on any atom is 0.221 e. The summed E-state index contributed by atoms with van der Waals surface area (Å²) in [7, 11) is 0. The Kier molecular flexibility index (Phi) is 3.96. The second-order valence-corrected chi connectivity index (χ2v) is 6.40. The average Bonchev–Trinajstić information content (AvgIpc) is 2.85. The molecule has 0 bridgehead atoms. The molecule has 2 atom stereocenters. The number of hydrogen-bond donors (Lipinski definition) is 2. The molecule has 1 aromatic rings. The molecule has 2 unspecified atom stereocenters. The fraction of sp³-hybridized carbons (Fsp3) is 0.467. The van der Waals surface area contributed by atoms with Gasteiger partial charge in [0.05, 0.1) is 6.04 Å². The molecule has 0 radical (unpaired) electrons. The lowest BCUT2D eigenvalue weighted by Gasteiger charge is -2.23. The van der Waals surface area contributed by atoms with Gasteiger partial charge in [0.15, 0.2) is 5.17 Å². The number of aliphatic imine (C=N–C) groups is 1. The van der Waals surface area contributed by atoms with Gasteiger partial charge in [-0.3, -0.25) is 9.79 Å². The third-order valence-corrected chi connectivity index (χ3v) is 4.85. The minimum absolute atomic E-state index is 0.0553. The highest BCUT2D eigenvalue weighted by Gasteiger charge is 2.30. The van der Waals surface area contributed by atoms with Gasteiger partial charge in [0.25, 0.3) is 0 Å². The van der Waals surface area contributed by atoms with Crippen LogP contribution in [0.2, 0.25) is 0 Å². The second-order valence-electron chi connectivity index (χ2n) is 5.39. The lowest BCUT2D eigenvalue weighted by Crippen LogP contribution is -2.25. The van der Waals surface area contributed by atoms with Crippen molar-refractivity contribution in [2.24, 2.45) is 10.9 Å². The average molecular weight is 289 g/mol. The van der Waals surface area contributed by atoms with Gasteiger partial charge in [-0.25, -0.2) is 0 Å². The first kappa shape index (κ1) is 13.5. The van der Waals surface area contributed by atoms with E-state index in [0.29, 0.717) is 6.04 Å². The Balaban J connectivity index is 1.70. The van der Waals surface area contributed by atoms with E-state index in [2.05, 4.69) is 10.6 Å². The largest absolute Gasteiger partial charge is 0.335 e. The van der Waals surface area contributed by atoms with Crippen LogP contribution in [0.5, 0.6) is 0 Å². The number of fused-ring (bicyclic) bond motifs is 1. The van der Waals surface area contributed by atoms with Crippen molar-refractivity contribution >= 4 is 34.2 Å². The summed E-state index contributed by atoms with van der Waals surface area (Å²) in [5, 5.41) is 7.17. The lowest BCUT2D eigenvalue weighted by molar-refractivity contribution is -0.114. The summed E-state index contributed by atoms with van der Waals surface area (Å²) >= 11 is 1.81. The zero-order valence-electron chi connectivity index (χ0n) is 11.6. The Morgan fingerprint density at radius 1 is 1.35 bits per heavy atom. The van der Waals surface area contributed by atoms with Crippen LogP contribution in [-0.4, -0.2) is 22.9 Å². The first-order valence-corrected chi connectivity index (χ1v) is 8.04. The molecule has 1 aliphatic carbocycles. The molecule has 0 saturated heterocycles. The SMILES string of the molecule is CC(=O)Nc1cccc(NC2=NC3CCCC3CS2)c1. The van der Waals surface area contributed by atoms with E-state index >= 15 is 0 Å². The predicted octanol–water partition coefficient (Wildman–Crippen LogP) is 3.33. The number of nitrogens with one attached hydrogen (secondary N) is 2. The molecule has 1 amide bonds. The minimum Gasteiger partial charge on any atom is -0.335 e. The van der Waals surface area contributed by atoms with Gasteiger partial charge < -0.3 is 10.6 Å². The van der Waals surface area contributed by atoms with Gasteiger partial charge >= 0.3 is 0 Å². The standard InChI is InChI=1S/C15H19N3OS/c1-10(19)16-12-5-3-6-13(8-12)17-15-18-14-7-2-4-11(14)9-20-15/h3,5-6,8,11,14H,2,4,7,9H2,1H3,(H,16,19)(H,17,18). The van der Waals surface area contributed by atoms with Crippen molar-refractivity contribution in [1.82, 2.24) is 0 Å². The van der Waals surface area contributed by atoms with E-state index in [1.165, 1.54) is 31.9 Å². The molecule has 5 heteroatoms. The van der Waals surface area contributed by atoms with Gasteiger partial charge in [0.2, 0.25) is 5.91 Å². The summed E-state index contributed by atoms with van der Waals surface area (Å²) in [5.41, 5.74) is 1.78. The third-order valence-electron chi connectivity index (χ3n) is 3.77. The molecule has 106 valence electrons. The summed E-state index contributed by atoms with van der Waals surface area (Å²) in [4.78, 5) is 15.9. The van der Waals surface area contributed by atoms with Crippen LogP contribution >= 0.6 is 11.8 Å². The molecule has 1 saturated carbocycles. The Bertz CT molecular complexity index is 544.